The van der Waals surface area contributed by atoms with Crippen LogP contribution in [0.5, 0.6) is 0 Å². The summed E-state index contributed by atoms with van der Waals surface area (Å²) in [6.07, 6.45) is 2.77. The molecule has 1 unspecified atom stereocenters. The van der Waals surface area contributed by atoms with Gasteiger partial charge in [-0.05, 0) is 19.4 Å². The van der Waals surface area contributed by atoms with Crippen LogP contribution in [0, 0.1) is 0 Å². The summed E-state index contributed by atoms with van der Waals surface area (Å²) in [7, 11) is 0. The molecule has 1 aliphatic rings. The molecule has 0 radical (unpaired) electrons. The molecule has 0 spiro atoms. The predicted octanol–water partition coefficient (Wildman–Crippen LogP) is 0.124. The Labute approximate surface area is 43.6 Å². The first-order chi connectivity index (χ1) is 3.43. The monoisotopic (exact) mass is 101 g/mol. The second-order valence-corrected chi connectivity index (χ2v) is 1.86. The number of ether oxygens (including phenoxy) is 1. The fraction of sp³-hybridized carbons (Fsp3) is 1.00. The summed E-state index contributed by atoms with van der Waals surface area (Å²) < 4.78 is 5.09. The zero-order chi connectivity index (χ0) is 5.11. The highest BCUT2D eigenvalue weighted by atomic mass is 16.5. The van der Waals surface area contributed by atoms with Crippen molar-refractivity contribution in [3.05, 3.63) is 0 Å². The van der Waals surface area contributed by atoms with Crippen molar-refractivity contribution in [1.29, 1.82) is 0 Å². The van der Waals surface area contributed by atoms with Crippen LogP contribution < -0.4 is 5.73 Å². The van der Waals surface area contributed by atoms with Crippen LogP contribution in [-0.4, -0.2) is 19.3 Å². The molecule has 2 heteroatoms. The molecular formula is C5H11NO. The van der Waals surface area contributed by atoms with Gasteiger partial charge < -0.3 is 10.5 Å². The first-order valence-corrected chi connectivity index (χ1v) is 2.75. The highest BCUT2D eigenvalue weighted by molar-refractivity contribution is 4.65. The molecule has 1 saturated heterocycles. The van der Waals surface area contributed by atoms with Gasteiger partial charge in [-0.25, -0.2) is 0 Å². The van der Waals surface area contributed by atoms with Gasteiger partial charge in [-0.1, -0.05) is 0 Å². The van der Waals surface area contributed by atoms with Gasteiger partial charge in [-0.2, -0.15) is 0 Å². The van der Waals surface area contributed by atoms with Crippen molar-refractivity contribution >= 4 is 0 Å². The maximum absolute atomic E-state index is 5.26. The van der Waals surface area contributed by atoms with Crippen LogP contribution >= 0.6 is 0 Å². The average molecular weight is 101 g/mol. The molecule has 42 valence electrons. The Balaban J connectivity index is 1.93. The molecule has 0 aromatic carbocycles. The number of hydrogen-bond acceptors (Lipinski definition) is 2. The van der Waals surface area contributed by atoms with Crippen LogP contribution in [-0.2, 0) is 4.74 Å². The molecular weight excluding hydrogens is 90.1 g/mol. The van der Waals surface area contributed by atoms with Crippen molar-refractivity contribution in [2.75, 3.05) is 13.2 Å². The normalized spacial score (nSPS) is 29.6. The molecule has 7 heavy (non-hydrogen) atoms. The summed E-state index contributed by atoms with van der Waals surface area (Å²) >= 11 is 0. The standard InChI is InChI=1S/C5H11NO/c6-3-1-5-2-4-7-5/h5H,1-4,6H2. The molecule has 0 bridgehead atoms. The van der Waals surface area contributed by atoms with Gasteiger partial charge in [0.1, 0.15) is 0 Å². The lowest BCUT2D eigenvalue weighted by molar-refractivity contribution is -0.0528. The largest absolute Gasteiger partial charge is 0.378 e. The first-order valence-electron chi connectivity index (χ1n) is 2.75. The van der Waals surface area contributed by atoms with E-state index in [9.17, 15) is 0 Å². The van der Waals surface area contributed by atoms with Crippen LogP contribution in [0.3, 0.4) is 0 Å². The van der Waals surface area contributed by atoms with Crippen LogP contribution in [0.15, 0.2) is 0 Å². The van der Waals surface area contributed by atoms with Gasteiger partial charge in [0.25, 0.3) is 0 Å². The summed E-state index contributed by atoms with van der Waals surface area (Å²) in [6.45, 7) is 1.72. The first kappa shape index (κ1) is 5.06. The van der Waals surface area contributed by atoms with Gasteiger partial charge in [0.2, 0.25) is 0 Å². The molecule has 1 aliphatic heterocycles. The third-order valence-electron chi connectivity index (χ3n) is 1.28. The Hall–Kier alpha value is -0.0800. The van der Waals surface area contributed by atoms with E-state index < -0.39 is 0 Å². The fourth-order valence-corrected chi connectivity index (χ4v) is 0.698. The van der Waals surface area contributed by atoms with Gasteiger partial charge in [0, 0.05) is 6.61 Å². The van der Waals surface area contributed by atoms with E-state index in [0.29, 0.717) is 6.10 Å². The van der Waals surface area contributed by atoms with E-state index in [1.807, 2.05) is 0 Å². The van der Waals surface area contributed by atoms with Crippen molar-refractivity contribution in [2.45, 2.75) is 18.9 Å². The second kappa shape index (κ2) is 2.28. The fourth-order valence-electron chi connectivity index (χ4n) is 0.698. The quantitative estimate of drug-likeness (QED) is 0.536. The molecule has 0 aromatic heterocycles. The Morgan fingerprint density at radius 1 is 1.71 bits per heavy atom. The molecule has 0 aromatic rings. The Kier molecular flexibility index (Phi) is 1.65. The molecule has 2 N–H and O–H groups in total. The Bertz CT molecular complexity index is 52.0. The lowest BCUT2D eigenvalue weighted by atomic mass is 10.1. The van der Waals surface area contributed by atoms with Crippen LogP contribution in [0.25, 0.3) is 0 Å². The smallest absolute Gasteiger partial charge is 0.0609 e. The van der Waals surface area contributed by atoms with Crippen LogP contribution in [0.1, 0.15) is 12.8 Å². The highest BCUT2D eigenvalue weighted by Crippen LogP contribution is 2.12. The minimum atomic E-state index is 0.505. The molecule has 1 fully saturated rings. The molecule has 0 aliphatic carbocycles. The van der Waals surface area contributed by atoms with E-state index in [-0.39, 0.29) is 0 Å². The number of nitrogens with two attached hydrogens (primary N) is 1. The Morgan fingerprint density at radius 3 is 2.57 bits per heavy atom. The molecule has 0 amide bonds. The van der Waals surface area contributed by atoms with Crippen molar-refractivity contribution in [2.24, 2.45) is 5.73 Å². The van der Waals surface area contributed by atoms with E-state index in [2.05, 4.69) is 0 Å². The highest BCUT2D eigenvalue weighted by Gasteiger charge is 2.15. The van der Waals surface area contributed by atoms with Crippen molar-refractivity contribution in [1.82, 2.24) is 0 Å². The SMILES string of the molecule is NCCC1CCO1. The Morgan fingerprint density at radius 2 is 2.43 bits per heavy atom. The van der Waals surface area contributed by atoms with Crippen molar-refractivity contribution in [3.8, 4) is 0 Å². The van der Waals surface area contributed by atoms with E-state index >= 15 is 0 Å². The third kappa shape index (κ3) is 1.14. The van der Waals surface area contributed by atoms with E-state index in [4.69, 9.17) is 10.5 Å². The minimum absolute atomic E-state index is 0.505. The molecule has 2 nitrogen and oxygen atoms in total. The maximum Gasteiger partial charge on any atom is 0.0609 e. The summed E-state index contributed by atoms with van der Waals surface area (Å²) in [4.78, 5) is 0. The molecule has 1 heterocycles. The molecule has 1 atom stereocenters. The lowest BCUT2D eigenvalue weighted by Gasteiger charge is -2.25. The zero-order valence-electron chi connectivity index (χ0n) is 4.39. The molecule has 0 saturated carbocycles. The van der Waals surface area contributed by atoms with Crippen molar-refractivity contribution in [3.63, 3.8) is 0 Å². The molecule has 1 rings (SSSR count). The van der Waals surface area contributed by atoms with Gasteiger partial charge in [-0.15, -0.1) is 0 Å². The van der Waals surface area contributed by atoms with Gasteiger partial charge >= 0.3 is 0 Å². The summed E-state index contributed by atoms with van der Waals surface area (Å²) in [6, 6.07) is 0. The maximum atomic E-state index is 5.26. The number of rotatable bonds is 2. The van der Waals surface area contributed by atoms with Crippen molar-refractivity contribution < 1.29 is 4.74 Å². The average Bonchev–Trinajstić information content (AvgIpc) is 1.55. The van der Waals surface area contributed by atoms with Gasteiger partial charge in [0.05, 0.1) is 6.10 Å². The van der Waals surface area contributed by atoms with Gasteiger partial charge in [0.15, 0.2) is 0 Å². The third-order valence-corrected chi connectivity index (χ3v) is 1.28. The zero-order valence-corrected chi connectivity index (χ0v) is 4.39. The summed E-state index contributed by atoms with van der Waals surface area (Å²) in [5, 5.41) is 0. The minimum Gasteiger partial charge on any atom is -0.378 e. The second-order valence-electron chi connectivity index (χ2n) is 1.86. The van der Waals surface area contributed by atoms with E-state index in [1.54, 1.807) is 0 Å². The summed E-state index contributed by atoms with van der Waals surface area (Å²) in [5.74, 6) is 0. The van der Waals surface area contributed by atoms with Gasteiger partial charge in [-0.3, -0.25) is 0 Å². The van der Waals surface area contributed by atoms with Crippen LogP contribution in [0.4, 0.5) is 0 Å². The topological polar surface area (TPSA) is 35.2 Å². The summed E-state index contributed by atoms with van der Waals surface area (Å²) in [5.41, 5.74) is 5.26. The van der Waals surface area contributed by atoms with Crippen LogP contribution in [0.2, 0.25) is 0 Å². The number of hydrogen-bond donors (Lipinski definition) is 1. The lowest BCUT2D eigenvalue weighted by Crippen LogP contribution is -2.28. The predicted molar refractivity (Wildman–Crippen MR) is 28.0 cm³/mol. The van der Waals surface area contributed by atoms with E-state index in [1.165, 1.54) is 6.42 Å². The van der Waals surface area contributed by atoms with E-state index in [0.717, 1.165) is 19.6 Å².